The number of hydrogen-bond acceptors (Lipinski definition) is 3. The Bertz CT molecular complexity index is 735. The van der Waals surface area contributed by atoms with E-state index in [1.165, 1.54) is 41.0 Å². The number of aromatic amines is 1. The van der Waals surface area contributed by atoms with Gasteiger partial charge in [0.2, 0.25) is 0 Å². The Morgan fingerprint density at radius 1 is 1.10 bits per heavy atom. The van der Waals surface area contributed by atoms with Crippen LogP contribution in [0.4, 0.5) is 0 Å². The van der Waals surface area contributed by atoms with Gasteiger partial charge in [-0.15, -0.1) is 11.8 Å². The summed E-state index contributed by atoms with van der Waals surface area (Å²) in [6.07, 6.45) is 4.19. The molecule has 21 heavy (non-hydrogen) atoms. The molecule has 2 aliphatic carbocycles. The van der Waals surface area contributed by atoms with E-state index in [-0.39, 0.29) is 4.87 Å². The molecule has 0 unspecified atom stereocenters. The molecule has 1 N–H and O–H groups in total. The van der Waals surface area contributed by atoms with Crippen LogP contribution in [-0.4, -0.2) is 10.2 Å². The molecule has 0 amide bonds. The second-order valence-corrected chi connectivity index (χ2v) is 8.79. The van der Waals surface area contributed by atoms with E-state index >= 15 is 0 Å². The molecule has 0 saturated heterocycles. The van der Waals surface area contributed by atoms with E-state index < -0.39 is 0 Å². The predicted molar refractivity (Wildman–Crippen MR) is 87.2 cm³/mol. The van der Waals surface area contributed by atoms with Crippen LogP contribution < -0.4 is 4.87 Å². The highest BCUT2D eigenvalue weighted by atomic mass is 32.2. The molecule has 5 atom stereocenters. The SMILES string of the molecule is O=c1[nH]c2c(s1)[C@H](c1ccccc1)[C@@H]1[C@@H]3CC[C@@H](C3)[C@@H]1S2. The average molecular weight is 315 g/mol. The predicted octanol–water partition coefficient (Wildman–Crippen LogP) is 4.09. The van der Waals surface area contributed by atoms with Gasteiger partial charge in [0.15, 0.2) is 0 Å². The quantitative estimate of drug-likeness (QED) is 0.860. The molecular weight excluding hydrogens is 298 g/mol. The summed E-state index contributed by atoms with van der Waals surface area (Å²) in [6, 6.07) is 10.8. The molecule has 2 saturated carbocycles. The molecule has 4 heteroatoms. The van der Waals surface area contributed by atoms with Gasteiger partial charge in [-0.3, -0.25) is 4.79 Å². The number of rotatable bonds is 1. The fraction of sp³-hybridized carbons (Fsp3) is 0.471. The number of hydrogen-bond donors (Lipinski definition) is 1. The van der Waals surface area contributed by atoms with E-state index in [9.17, 15) is 4.79 Å². The lowest BCUT2D eigenvalue weighted by atomic mass is 9.75. The van der Waals surface area contributed by atoms with E-state index in [1.54, 1.807) is 0 Å². The van der Waals surface area contributed by atoms with Gasteiger partial charge in [0.05, 0.1) is 5.03 Å². The maximum absolute atomic E-state index is 11.9. The molecule has 2 bridgehead atoms. The minimum absolute atomic E-state index is 0.112. The minimum Gasteiger partial charge on any atom is -0.307 e. The molecule has 3 aliphatic rings. The molecule has 2 nitrogen and oxygen atoms in total. The van der Waals surface area contributed by atoms with Crippen LogP contribution in [-0.2, 0) is 0 Å². The second kappa shape index (κ2) is 4.50. The second-order valence-electron chi connectivity index (χ2n) is 6.59. The topological polar surface area (TPSA) is 32.9 Å². The number of benzene rings is 1. The van der Waals surface area contributed by atoms with Gasteiger partial charge in [0, 0.05) is 16.0 Å². The summed E-state index contributed by atoms with van der Waals surface area (Å²) in [5, 5.41) is 1.87. The first-order valence-corrected chi connectivity index (χ1v) is 9.45. The number of aromatic nitrogens is 1. The fourth-order valence-corrected chi connectivity index (χ4v) is 7.78. The molecule has 1 aromatic carbocycles. The molecule has 1 aromatic heterocycles. The summed E-state index contributed by atoms with van der Waals surface area (Å²) in [4.78, 5) is 16.4. The number of thiazole rings is 1. The Morgan fingerprint density at radius 2 is 1.90 bits per heavy atom. The van der Waals surface area contributed by atoms with Gasteiger partial charge in [-0.2, -0.15) is 0 Å². The van der Waals surface area contributed by atoms with Crippen molar-refractivity contribution in [1.82, 2.24) is 4.98 Å². The monoisotopic (exact) mass is 315 g/mol. The zero-order chi connectivity index (χ0) is 14.0. The van der Waals surface area contributed by atoms with Crippen LogP contribution in [0, 0.1) is 17.8 Å². The van der Waals surface area contributed by atoms with E-state index in [2.05, 4.69) is 35.3 Å². The highest BCUT2D eigenvalue weighted by Gasteiger charge is 2.54. The lowest BCUT2D eigenvalue weighted by molar-refractivity contribution is 0.307. The summed E-state index contributed by atoms with van der Waals surface area (Å²) >= 11 is 3.40. The van der Waals surface area contributed by atoms with E-state index in [1.807, 2.05) is 11.8 Å². The fourth-order valence-electron chi connectivity index (χ4n) is 4.88. The van der Waals surface area contributed by atoms with Crippen molar-refractivity contribution in [3.05, 3.63) is 50.4 Å². The Balaban J connectivity index is 1.70. The first-order chi connectivity index (χ1) is 10.3. The van der Waals surface area contributed by atoms with Gasteiger partial charge in [0.1, 0.15) is 0 Å². The molecule has 108 valence electrons. The first kappa shape index (κ1) is 12.5. The van der Waals surface area contributed by atoms with Crippen molar-refractivity contribution in [2.75, 3.05) is 0 Å². The van der Waals surface area contributed by atoms with Gasteiger partial charge >= 0.3 is 4.87 Å². The zero-order valence-corrected chi connectivity index (χ0v) is 13.3. The minimum atomic E-state index is 0.112. The summed E-state index contributed by atoms with van der Waals surface area (Å²) in [5.41, 5.74) is 1.40. The van der Waals surface area contributed by atoms with Crippen molar-refractivity contribution in [1.29, 1.82) is 0 Å². The van der Waals surface area contributed by atoms with Crippen LogP contribution in [0.2, 0.25) is 0 Å². The lowest BCUT2D eigenvalue weighted by Gasteiger charge is -2.40. The third-order valence-electron chi connectivity index (χ3n) is 5.62. The van der Waals surface area contributed by atoms with Crippen molar-refractivity contribution in [3.8, 4) is 0 Å². The number of nitrogens with one attached hydrogen (secondary N) is 1. The van der Waals surface area contributed by atoms with Gasteiger partial charge < -0.3 is 4.98 Å². The van der Waals surface area contributed by atoms with E-state index in [0.29, 0.717) is 11.2 Å². The lowest BCUT2D eigenvalue weighted by Crippen LogP contribution is -2.33. The maximum Gasteiger partial charge on any atom is 0.305 e. The highest BCUT2D eigenvalue weighted by molar-refractivity contribution is 8.00. The van der Waals surface area contributed by atoms with Crippen molar-refractivity contribution in [2.24, 2.45) is 17.8 Å². The summed E-state index contributed by atoms with van der Waals surface area (Å²) in [7, 11) is 0. The van der Waals surface area contributed by atoms with Gasteiger partial charge in [-0.05, 0) is 42.6 Å². The van der Waals surface area contributed by atoms with Crippen LogP contribution >= 0.6 is 23.1 Å². The smallest absolute Gasteiger partial charge is 0.305 e. The van der Waals surface area contributed by atoms with Gasteiger partial charge in [0.25, 0.3) is 0 Å². The largest absolute Gasteiger partial charge is 0.307 e. The van der Waals surface area contributed by atoms with Crippen LogP contribution in [0.25, 0.3) is 0 Å². The van der Waals surface area contributed by atoms with Gasteiger partial charge in [-0.25, -0.2) is 0 Å². The zero-order valence-electron chi connectivity index (χ0n) is 11.6. The van der Waals surface area contributed by atoms with Crippen molar-refractivity contribution < 1.29 is 0 Å². The van der Waals surface area contributed by atoms with Crippen molar-refractivity contribution in [2.45, 2.75) is 35.5 Å². The van der Waals surface area contributed by atoms with Crippen LogP contribution in [0.15, 0.2) is 40.2 Å². The van der Waals surface area contributed by atoms with E-state index in [4.69, 9.17) is 0 Å². The third kappa shape index (κ3) is 1.75. The summed E-state index contributed by atoms with van der Waals surface area (Å²) in [5.74, 6) is 2.90. The Hall–Kier alpha value is -1.00. The van der Waals surface area contributed by atoms with Crippen LogP contribution in [0.3, 0.4) is 0 Å². The molecule has 2 fully saturated rings. The van der Waals surface area contributed by atoms with Gasteiger partial charge in [-0.1, -0.05) is 41.7 Å². The van der Waals surface area contributed by atoms with Crippen LogP contribution in [0.5, 0.6) is 0 Å². The summed E-state index contributed by atoms with van der Waals surface area (Å²) < 4.78 is 0. The molecule has 0 spiro atoms. The number of thioether (sulfide) groups is 1. The maximum atomic E-state index is 11.9. The highest BCUT2D eigenvalue weighted by Crippen LogP contribution is 2.63. The Kier molecular flexibility index (Phi) is 2.68. The summed E-state index contributed by atoms with van der Waals surface area (Å²) in [6.45, 7) is 0. The number of H-pyrrole nitrogens is 1. The standard InChI is InChI=1S/C17H17NOS2/c19-17-18-16-15(21-17)12(9-4-2-1-3-5-9)13-10-6-7-11(8-10)14(13)20-16/h1-5,10-14H,6-8H2,(H,18,19)/t10-,11+,12-,13+,14+/m1/s1. The molecule has 1 aliphatic heterocycles. The molecular formula is C17H17NOS2. The Labute approximate surface area is 132 Å². The van der Waals surface area contributed by atoms with Crippen LogP contribution in [0.1, 0.15) is 35.6 Å². The van der Waals surface area contributed by atoms with Crippen molar-refractivity contribution in [3.63, 3.8) is 0 Å². The first-order valence-electron chi connectivity index (χ1n) is 7.76. The Morgan fingerprint density at radius 3 is 2.76 bits per heavy atom. The van der Waals surface area contributed by atoms with Crippen molar-refractivity contribution >= 4 is 23.1 Å². The number of fused-ring (bicyclic) bond motifs is 6. The average Bonchev–Trinajstić information content (AvgIpc) is 3.18. The molecule has 5 rings (SSSR count). The molecule has 2 aromatic rings. The third-order valence-corrected chi connectivity index (χ3v) is 8.25. The van der Waals surface area contributed by atoms with E-state index in [0.717, 1.165) is 22.8 Å². The molecule has 2 heterocycles. The normalized spacial score (nSPS) is 36.5. The molecule has 0 radical (unpaired) electrons.